The number of rotatable bonds is 6. The Morgan fingerprint density at radius 3 is 2.83 bits per heavy atom. The second kappa shape index (κ2) is 6.01. The SMILES string of the molecule is CNCCCc1nnc(-c2snnc2C(C)C)o1. The summed E-state index contributed by atoms with van der Waals surface area (Å²) < 4.78 is 9.60. The molecule has 0 fully saturated rings. The second-order valence-corrected chi connectivity index (χ2v) is 5.10. The van der Waals surface area contributed by atoms with E-state index in [9.17, 15) is 0 Å². The molecular weight excluding hydrogens is 250 g/mol. The van der Waals surface area contributed by atoms with Gasteiger partial charge in [0.2, 0.25) is 5.89 Å². The van der Waals surface area contributed by atoms with Crippen molar-refractivity contribution < 1.29 is 4.42 Å². The molecule has 2 aromatic heterocycles. The molecule has 0 saturated heterocycles. The summed E-state index contributed by atoms with van der Waals surface area (Å²) in [6.45, 7) is 5.09. The van der Waals surface area contributed by atoms with Gasteiger partial charge in [0.05, 0.1) is 5.69 Å². The van der Waals surface area contributed by atoms with Crippen molar-refractivity contribution in [2.24, 2.45) is 0 Å². The van der Waals surface area contributed by atoms with Gasteiger partial charge in [0.15, 0.2) is 0 Å². The van der Waals surface area contributed by atoms with Crippen LogP contribution >= 0.6 is 11.5 Å². The van der Waals surface area contributed by atoms with Crippen LogP contribution in [-0.4, -0.2) is 33.4 Å². The molecule has 0 spiro atoms. The van der Waals surface area contributed by atoms with Crippen LogP contribution in [0.4, 0.5) is 0 Å². The summed E-state index contributed by atoms with van der Waals surface area (Å²) in [7, 11) is 1.93. The molecule has 98 valence electrons. The zero-order valence-electron chi connectivity index (χ0n) is 10.8. The Labute approximate surface area is 110 Å². The van der Waals surface area contributed by atoms with Gasteiger partial charge in [-0.1, -0.05) is 18.3 Å². The lowest BCUT2D eigenvalue weighted by Gasteiger charge is -1.99. The molecular formula is C11H17N5OS. The Morgan fingerprint density at radius 2 is 2.11 bits per heavy atom. The summed E-state index contributed by atoms with van der Waals surface area (Å²) in [5.74, 6) is 1.51. The topological polar surface area (TPSA) is 76.7 Å². The Morgan fingerprint density at radius 1 is 1.28 bits per heavy atom. The molecule has 0 bridgehead atoms. The number of aryl methyl sites for hydroxylation is 1. The molecule has 0 aliphatic heterocycles. The van der Waals surface area contributed by atoms with Crippen molar-refractivity contribution in [2.45, 2.75) is 32.6 Å². The predicted molar refractivity (Wildman–Crippen MR) is 69.5 cm³/mol. The fraction of sp³-hybridized carbons (Fsp3) is 0.636. The summed E-state index contributed by atoms with van der Waals surface area (Å²) in [6, 6.07) is 0. The molecule has 0 radical (unpaired) electrons. The summed E-state index contributed by atoms with van der Waals surface area (Å²) in [5.41, 5.74) is 0.922. The van der Waals surface area contributed by atoms with Gasteiger partial charge in [-0.3, -0.25) is 0 Å². The van der Waals surface area contributed by atoms with Crippen molar-refractivity contribution >= 4 is 11.5 Å². The van der Waals surface area contributed by atoms with Gasteiger partial charge in [-0.25, -0.2) is 0 Å². The molecule has 0 amide bonds. The van der Waals surface area contributed by atoms with Crippen LogP contribution in [0.3, 0.4) is 0 Å². The first-order chi connectivity index (χ1) is 8.72. The minimum Gasteiger partial charge on any atom is -0.420 e. The van der Waals surface area contributed by atoms with Gasteiger partial charge in [-0.2, -0.15) is 0 Å². The number of nitrogens with zero attached hydrogens (tertiary/aromatic N) is 4. The van der Waals surface area contributed by atoms with Crippen LogP contribution in [0.2, 0.25) is 0 Å². The van der Waals surface area contributed by atoms with Crippen molar-refractivity contribution in [3.05, 3.63) is 11.6 Å². The van der Waals surface area contributed by atoms with E-state index in [1.807, 2.05) is 7.05 Å². The third kappa shape index (κ3) is 2.91. The van der Waals surface area contributed by atoms with E-state index in [-0.39, 0.29) is 0 Å². The van der Waals surface area contributed by atoms with Gasteiger partial charge in [0.1, 0.15) is 4.88 Å². The zero-order chi connectivity index (χ0) is 13.0. The highest BCUT2D eigenvalue weighted by Crippen LogP contribution is 2.29. The van der Waals surface area contributed by atoms with E-state index in [0.717, 1.165) is 30.0 Å². The van der Waals surface area contributed by atoms with Crippen molar-refractivity contribution in [3.63, 3.8) is 0 Å². The van der Waals surface area contributed by atoms with Crippen LogP contribution in [0.1, 0.15) is 37.8 Å². The molecule has 0 saturated carbocycles. The van der Waals surface area contributed by atoms with E-state index in [0.29, 0.717) is 17.7 Å². The highest BCUT2D eigenvalue weighted by atomic mass is 32.1. The molecule has 2 aromatic rings. The molecule has 18 heavy (non-hydrogen) atoms. The van der Waals surface area contributed by atoms with E-state index >= 15 is 0 Å². The lowest BCUT2D eigenvalue weighted by molar-refractivity contribution is 0.495. The van der Waals surface area contributed by atoms with Crippen molar-refractivity contribution in [2.75, 3.05) is 13.6 Å². The second-order valence-electron chi connectivity index (χ2n) is 4.35. The third-order valence-electron chi connectivity index (χ3n) is 2.54. The van der Waals surface area contributed by atoms with E-state index < -0.39 is 0 Å². The van der Waals surface area contributed by atoms with Crippen LogP contribution in [0, 0.1) is 0 Å². The summed E-state index contributed by atoms with van der Waals surface area (Å²) in [4.78, 5) is 0.886. The summed E-state index contributed by atoms with van der Waals surface area (Å²) in [5, 5.41) is 15.3. The fourth-order valence-corrected chi connectivity index (χ4v) is 2.33. The average molecular weight is 267 g/mol. The number of nitrogens with one attached hydrogen (secondary N) is 1. The molecule has 2 rings (SSSR count). The van der Waals surface area contributed by atoms with Crippen LogP contribution in [0.25, 0.3) is 10.8 Å². The monoisotopic (exact) mass is 267 g/mol. The van der Waals surface area contributed by atoms with Crippen LogP contribution in [0.15, 0.2) is 4.42 Å². The molecule has 0 atom stereocenters. The van der Waals surface area contributed by atoms with Crippen LogP contribution in [0.5, 0.6) is 0 Å². The number of aromatic nitrogens is 4. The van der Waals surface area contributed by atoms with Gasteiger partial charge in [-0.05, 0) is 37.5 Å². The van der Waals surface area contributed by atoms with Gasteiger partial charge in [0.25, 0.3) is 5.89 Å². The van der Waals surface area contributed by atoms with Gasteiger partial charge in [0, 0.05) is 6.42 Å². The smallest absolute Gasteiger partial charge is 0.261 e. The third-order valence-corrected chi connectivity index (χ3v) is 3.27. The maximum Gasteiger partial charge on any atom is 0.261 e. The first-order valence-electron chi connectivity index (χ1n) is 6.02. The van der Waals surface area contributed by atoms with Crippen LogP contribution in [-0.2, 0) is 6.42 Å². The Hall–Kier alpha value is -1.34. The molecule has 6 nitrogen and oxygen atoms in total. The molecule has 0 unspecified atom stereocenters. The minimum atomic E-state index is 0.304. The predicted octanol–water partition coefficient (Wildman–Crippen LogP) is 1.86. The number of hydrogen-bond donors (Lipinski definition) is 1. The van der Waals surface area contributed by atoms with Crippen molar-refractivity contribution in [1.29, 1.82) is 0 Å². The van der Waals surface area contributed by atoms with E-state index in [4.69, 9.17) is 4.42 Å². The maximum atomic E-state index is 5.65. The highest BCUT2D eigenvalue weighted by molar-refractivity contribution is 7.09. The average Bonchev–Trinajstić information content (AvgIpc) is 2.96. The van der Waals surface area contributed by atoms with E-state index in [2.05, 4.69) is 38.9 Å². The van der Waals surface area contributed by atoms with Crippen molar-refractivity contribution in [1.82, 2.24) is 25.1 Å². The molecule has 0 aliphatic carbocycles. The Kier molecular flexibility index (Phi) is 4.38. The lowest BCUT2D eigenvalue weighted by Crippen LogP contribution is -2.08. The Balaban J connectivity index is 2.11. The van der Waals surface area contributed by atoms with Crippen molar-refractivity contribution in [3.8, 4) is 10.8 Å². The molecule has 7 heteroatoms. The molecule has 0 aliphatic rings. The lowest BCUT2D eigenvalue weighted by atomic mass is 10.1. The van der Waals surface area contributed by atoms with Gasteiger partial charge in [-0.15, -0.1) is 15.3 Å². The van der Waals surface area contributed by atoms with Gasteiger partial charge < -0.3 is 9.73 Å². The summed E-state index contributed by atoms with van der Waals surface area (Å²) in [6.07, 6.45) is 1.77. The van der Waals surface area contributed by atoms with E-state index in [1.54, 1.807) is 0 Å². The largest absolute Gasteiger partial charge is 0.420 e. The van der Waals surface area contributed by atoms with Crippen LogP contribution < -0.4 is 5.32 Å². The van der Waals surface area contributed by atoms with E-state index in [1.165, 1.54) is 11.5 Å². The molecule has 2 heterocycles. The first kappa shape index (κ1) is 13.1. The summed E-state index contributed by atoms with van der Waals surface area (Å²) >= 11 is 1.30. The Bertz CT molecular complexity index is 493. The quantitative estimate of drug-likeness (QED) is 0.805. The maximum absolute atomic E-state index is 5.65. The highest BCUT2D eigenvalue weighted by Gasteiger charge is 2.18. The van der Waals surface area contributed by atoms with Gasteiger partial charge >= 0.3 is 0 Å². The zero-order valence-corrected chi connectivity index (χ0v) is 11.6. The number of hydrogen-bond acceptors (Lipinski definition) is 7. The molecule has 1 N–H and O–H groups in total. The molecule has 0 aromatic carbocycles. The fourth-order valence-electron chi connectivity index (χ4n) is 1.59. The minimum absolute atomic E-state index is 0.304. The standard InChI is InChI=1S/C11H17N5OS/c1-7(2)9-10(18-16-14-9)11-15-13-8(17-11)5-4-6-12-3/h7,12H,4-6H2,1-3H3. The normalized spacial score (nSPS) is 11.3. The first-order valence-corrected chi connectivity index (χ1v) is 6.79.